The van der Waals surface area contributed by atoms with Gasteiger partial charge in [0.2, 0.25) is 5.91 Å². The summed E-state index contributed by atoms with van der Waals surface area (Å²) in [6, 6.07) is 21.1. The summed E-state index contributed by atoms with van der Waals surface area (Å²) in [5.41, 5.74) is 2.06. The Morgan fingerprint density at radius 2 is 1.69 bits per heavy atom. The van der Waals surface area contributed by atoms with Gasteiger partial charge in [-0.15, -0.1) is 0 Å². The van der Waals surface area contributed by atoms with Crippen molar-refractivity contribution >= 4 is 27.6 Å². The van der Waals surface area contributed by atoms with Gasteiger partial charge in [-0.3, -0.25) is 9.78 Å². The van der Waals surface area contributed by atoms with Crippen LogP contribution >= 0.6 is 0 Å². The van der Waals surface area contributed by atoms with E-state index in [1.807, 2.05) is 66.7 Å². The number of hydrogen-bond acceptors (Lipinski definition) is 3. The van der Waals surface area contributed by atoms with Crippen LogP contribution in [0.15, 0.2) is 72.9 Å². The minimum atomic E-state index is -0.455. The third kappa shape index (κ3) is 2.86. The number of rotatable bonds is 3. The number of fused-ring (bicyclic) bond motifs is 2. The fourth-order valence-corrected chi connectivity index (χ4v) is 3.31. The lowest BCUT2D eigenvalue weighted by molar-refractivity contribution is -0.119. The summed E-state index contributed by atoms with van der Waals surface area (Å²) in [4.78, 5) is 16.1. The molecule has 2 N–H and O–H groups in total. The molecule has 1 amide bonds. The number of phenols is 1. The quantitative estimate of drug-likeness (QED) is 0.583. The zero-order valence-corrected chi connectivity index (χ0v) is 14.3. The minimum Gasteiger partial charge on any atom is -0.505 e. The van der Waals surface area contributed by atoms with Crippen LogP contribution in [0.25, 0.3) is 21.7 Å². The van der Waals surface area contributed by atoms with E-state index in [2.05, 4.69) is 10.3 Å². The first-order valence-electron chi connectivity index (χ1n) is 8.46. The van der Waals surface area contributed by atoms with E-state index in [1.165, 1.54) is 6.92 Å². The third-order valence-electron chi connectivity index (χ3n) is 4.54. The maximum atomic E-state index is 11.8. The molecule has 1 heterocycles. The molecule has 4 rings (SSSR count). The SMILES string of the molecule is CC(=O)N[C@@H](c1ccc2ccccc2c1)c1ccc2cccnc2c1O. The number of nitrogens with one attached hydrogen (secondary N) is 1. The molecule has 26 heavy (non-hydrogen) atoms. The van der Waals surface area contributed by atoms with Gasteiger partial charge in [0, 0.05) is 24.1 Å². The number of aromatic nitrogens is 1. The molecular formula is C22H18N2O2. The first-order chi connectivity index (χ1) is 12.6. The number of carbonyl (C=O) groups is 1. The van der Waals surface area contributed by atoms with Crippen LogP contribution in [0.1, 0.15) is 24.1 Å². The Kier molecular flexibility index (Phi) is 4.01. The van der Waals surface area contributed by atoms with Crippen LogP contribution in [0.5, 0.6) is 5.75 Å². The molecule has 0 unspecified atom stereocenters. The lowest BCUT2D eigenvalue weighted by atomic mass is 9.94. The second kappa shape index (κ2) is 6.48. The zero-order valence-electron chi connectivity index (χ0n) is 14.3. The maximum absolute atomic E-state index is 11.8. The van der Waals surface area contributed by atoms with E-state index in [-0.39, 0.29) is 11.7 Å². The average Bonchev–Trinajstić information content (AvgIpc) is 2.66. The molecular weight excluding hydrogens is 324 g/mol. The van der Waals surface area contributed by atoms with Gasteiger partial charge >= 0.3 is 0 Å². The van der Waals surface area contributed by atoms with Crippen LogP contribution in [0.4, 0.5) is 0 Å². The highest BCUT2D eigenvalue weighted by molar-refractivity contribution is 5.87. The molecule has 0 aliphatic heterocycles. The highest BCUT2D eigenvalue weighted by atomic mass is 16.3. The number of nitrogens with zero attached hydrogens (tertiary/aromatic N) is 1. The fourth-order valence-electron chi connectivity index (χ4n) is 3.31. The molecule has 4 nitrogen and oxygen atoms in total. The number of amides is 1. The van der Waals surface area contributed by atoms with Crippen molar-refractivity contribution in [2.75, 3.05) is 0 Å². The Balaban J connectivity index is 1.89. The van der Waals surface area contributed by atoms with Crippen LogP contribution in [0.2, 0.25) is 0 Å². The van der Waals surface area contributed by atoms with Gasteiger partial charge in [-0.1, -0.05) is 54.6 Å². The first-order valence-corrected chi connectivity index (χ1v) is 8.46. The minimum absolute atomic E-state index is 0.0926. The molecule has 0 saturated carbocycles. The molecule has 3 aromatic carbocycles. The van der Waals surface area contributed by atoms with Crippen LogP contribution in [0.3, 0.4) is 0 Å². The average molecular weight is 342 g/mol. The van der Waals surface area contributed by atoms with Crippen LogP contribution in [0, 0.1) is 0 Å². The van der Waals surface area contributed by atoms with E-state index in [0.717, 1.165) is 21.7 Å². The second-order valence-corrected chi connectivity index (χ2v) is 6.32. The molecule has 0 saturated heterocycles. The summed E-state index contributed by atoms with van der Waals surface area (Å²) < 4.78 is 0. The van der Waals surface area contributed by atoms with Gasteiger partial charge in [0.05, 0.1) is 6.04 Å². The number of pyridine rings is 1. The summed E-state index contributed by atoms with van der Waals surface area (Å²) in [7, 11) is 0. The monoisotopic (exact) mass is 342 g/mol. The lowest BCUT2D eigenvalue weighted by Gasteiger charge is -2.21. The number of carbonyl (C=O) groups excluding carboxylic acids is 1. The summed E-state index contributed by atoms with van der Waals surface area (Å²) in [5, 5.41) is 16.8. The molecule has 1 aromatic heterocycles. The molecule has 4 heteroatoms. The van der Waals surface area contributed by atoms with Crippen molar-refractivity contribution in [2.45, 2.75) is 13.0 Å². The Bertz CT molecular complexity index is 1120. The fraction of sp³-hybridized carbons (Fsp3) is 0.0909. The highest BCUT2D eigenvalue weighted by Crippen LogP contribution is 2.35. The summed E-state index contributed by atoms with van der Waals surface area (Å²) >= 11 is 0. The molecule has 1 atom stereocenters. The summed E-state index contributed by atoms with van der Waals surface area (Å²) in [6.07, 6.45) is 1.65. The normalized spacial score (nSPS) is 12.2. The van der Waals surface area contributed by atoms with Crippen molar-refractivity contribution in [3.8, 4) is 5.75 Å². The zero-order chi connectivity index (χ0) is 18.1. The number of benzene rings is 3. The van der Waals surface area contributed by atoms with E-state index in [1.54, 1.807) is 6.20 Å². The van der Waals surface area contributed by atoms with E-state index in [0.29, 0.717) is 11.1 Å². The van der Waals surface area contributed by atoms with Gasteiger partial charge < -0.3 is 10.4 Å². The molecule has 0 aliphatic rings. The topological polar surface area (TPSA) is 62.2 Å². The molecule has 0 spiro atoms. The van der Waals surface area contributed by atoms with Gasteiger partial charge in [-0.2, -0.15) is 0 Å². The molecule has 4 aromatic rings. The number of aromatic hydroxyl groups is 1. The predicted octanol–water partition coefficient (Wildman–Crippen LogP) is 4.32. The Morgan fingerprint density at radius 1 is 0.962 bits per heavy atom. The molecule has 128 valence electrons. The third-order valence-corrected chi connectivity index (χ3v) is 4.54. The highest BCUT2D eigenvalue weighted by Gasteiger charge is 2.21. The summed E-state index contributed by atoms with van der Waals surface area (Å²) in [6.45, 7) is 1.48. The van der Waals surface area contributed by atoms with Gasteiger partial charge in [-0.05, 0) is 28.5 Å². The van der Waals surface area contributed by atoms with E-state index >= 15 is 0 Å². The number of hydrogen-bond donors (Lipinski definition) is 2. The van der Waals surface area contributed by atoms with Crippen LogP contribution in [-0.2, 0) is 4.79 Å². The van der Waals surface area contributed by atoms with Crippen molar-refractivity contribution in [1.82, 2.24) is 10.3 Å². The van der Waals surface area contributed by atoms with Crippen molar-refractivity contribution in [3.05, 3.63) is 84.1 Å². The number of phenolic OH excluding ortho intramolecular Hbond substituents is 1. The van der Waals surface area contributed by atoms with Crippen LogP contribution in [-0.4, -0.2) is 16.0 Å². The van der Waals surface area contributed by atoms with Crippen molar-refractivity contribution in [3.63, 3.8) is 0 Å². The summed E-state index contributed by atoms with van der Waals surface area (Å²) in [5.74, 6) is -0.0707. The van der Waals surface area contributed by atoms with Crippen molar-refractivity contribution in [1.29, 1.82) is 0 Å². The molecule has 0 aliphatic carbocycles. The Labute approximate surface area is 151 Å². The van der Waals surface area contributed by atoms with Gasteiger partial charge in [-0.25, -0.2) is 0 Å². The standard InChI is InChI=1S/C22H18N2O2/c1-14(25)24-20(18-9-8-15-5-2-3-6-17(15)13-18)19-11-10-16-7-4-12-23-21(16)22(19)26/h2-13,20,26H,1H3,(H,24,25)/t20-/m0/s1. The maximum Gasteiger partial charge on any atom is 0.217 e. The van der Waals surface area contributed by atoms with Gasteiger partial charge in [0.1, 0.15) is 11.3 Å². The second-order valence-electron chi connectivity index (χ2n) is 6.32. The van der Waals surface area contributed by atoms with Gasteiger partial charge in [0.25, 0.3) is 0 Å². The lowest BCUT2D eigenvalue weighted by Crippen LogP contribution is -2.27. The van der Waals surface area contributed by atoms with Crippen molar-refractivity contribution in [2.24, 2.45) is 0 Å². The first kappa shape index (κ1) is 16.1. The molecule has 0 radical (unpaired) electrons. The smallest absolute Gasteiger partial charge is 0.217 e. The largest absolute Gasteiger partial charge is 0.505 e. The Hall–Kier alpha value is -3.40. The van der Waals surface area contributed by atoms with Crippen LogP contribution < -0.4 is 5.32 Å². The van der Waals surface area contributed by atoms with E-state index in [4.69, 9.17) is 0 Å². The van der Waals surface area contributed by atoms with Crippen molar-refractivity contribution < 1.29 is 9.90 Å². The van der Waals surface area contributed by atoms with E-state index < -0.39 is 6.04 Å². The Morgan fingerprint density at radius 3 is 2.50 bits per heavy atom. The van der Waals surface area contributed by atoms with E-state index in [9.17, 15) is 9.90 Å². The molecule has 0 fully saturated rings. The predicted molar refractivity (Wildman–Crippen MR) is 103 cm³/mol. The molecule has 0 bridgehead atoms. The van der Waals surface area contributed by atoms with Gasteiger partial charge in [0.15, 0.2) is 0 Å².